The summed E-state index contributed by atoms with van der Waals surface area (Å²) in [5, 5.41) is 17.1. The zero-order valence-corrected chi connectivity index (χ0v) is 7.77. The van der Waals surface area contributed by atoms with E-state index in [1.807, 2.05) is 24.3 Å². The van der Waals surface area contributed by atoms with E-state index in [1.54, 1.807) is 4.90 Å². The van der Waals surface area contributed by atoms with Crippen LogP contribution >= 0.6 is 0 Å². The predicted molar refractivity (Wildman–Crippen MR) is 53.7 cm³/mol. The van der Waals surface area contributed by atoms with Gasteiger partial charge in [-0.05, 0) is 11.1 Å². The summed E-state index contributed by atoms with van der Waals surface area (Å²) in [6, 6.07) is 7.70. The van der Waals surface area contributed by atoms with Crippen molar-refractivity contribution in [2.45, 2.75) is 12.6 Å². The molecule has 1 aromatic carbocycles. The number of benzene rings is 1. The van der Waals surface area contributed by atoms with Crippen molar-refractivity contribution in [3.05, 3.63) is 35.4 Å². The first-order valence-corrected chi connectivity index (χ1v) is 4.53. The lowest BCUT2D eigenvalue weighted by Gasteiger charge is -2.32. The Labute approximate surface area is 82.5 Å². The second-order valence-corrected chi connectivity index (χ2v) is 3.48. The van der Waals surface area contributed by atoms with Crippen molar-refractivity contribution >= 4 is 5.96 Å². The minimum atomic E-state index is -0.538. The second-order valence-electron chi connectivity index (χ2n) is 3.48. The lowest BCUT2D eigenvalue weighted by molar-refractivity contribution is 0.126. The smallest absolute Gasteiger partial charge is 0.188 e. The Morgan fingerprint density at radius 3 is 2.93 bits per heavy atom. The molecule has 0 aromatic heterocycles. The molecule has 0 fully saturated rings. The number of fused-ring (bicyclic) bond motifs is 1. The first-order chi connectivity index (χ1) is 6.68. The Morgan fingerprint density at radius 2 is 2.21 bits per heavy atom. The number of nitrogens with one attached hydrogen (secondary N) is 1. The molecule has 0 spiro atoms. The zero-order valence-electron chi connectivity index (χ0n) is 7.77. The van der Waals surface area contributed by atoms with Gasteiger partial charge in [-0.3, -0.25) is 5.41 Å². The van der Waals surface area contributed by atoms with Crippen LogP contribution in [0.5, 0.6) is 0 Å². The van der Waals surface area contributed by atoms with Crippen molar-refractivity contribution < 1.29 is 5.11 Å². The summed E-state index contributed by atoms with van der Waals surface area (Å²) in [5.41, 5.74) is 7.38. The van der Waals surface area contributed by atoms with Crippen LogP contribution in [0.4, 0.5) is 0 Å². The quantitative estimate of drug-likeness (QED) is 0.411. The molecule has 4 nitrogen and oxygen atoms in total. The largest absolute Gasteiger partial charge is 0.387 e. The molecular formula is C10H13N3O. The third-order valence-corrected chi connectivity index (χ3v) is 2.51. The Balaban J connectivity index is 2.33. The fourth-order valence-corrected chi connectivity index (χ4v) is 1.76. The van der Waals surface area contributed by atoms with E-state index in [4.69, 9.17) is 11.1 Å². The third-order valence-electron chi connectivity index (χ3n) is 2.51. The van der Waals surface area contributed by atoms with Crippen molar-refractivity contribution in [1.29, 1.82) is 5.41 Å². The lowest BCUT2D eigenvalue weighted by atomic mass is 9.98. The SMILES string of the molecule is N=C(N)N1Cc2ccccc2C(O)C1. The molecule has 1 aliphatic rings. The maximum atomic E-state index is 9.79. The predicted octanol–water partition coefficient (Wildman–Crippen LogP) is 0.429. The number of nitrogens with zero attached hydrogens (tertiary/aromatic N) is 1. The molecule has 1 aliphatic heterocycles. The molecule has 1 unspecified atom stereocenters. The van der Waals surface area contributed by atoms with Crippen LogP contribution in [0.15, 0.2) is 24.3 Å². The van der Waals surface area contributed by atoms with Gasteiger partial charge in [0, 0.05) is 6.54 Å². The number of hydrogen-bond donors (Lipinski definition) is 3. The van der Waals surface area contributed by atoms with Crippen molar-refractivity contribution in [2.75, 3.05) is 6.54 Å². The van der Waals surface area contributed by atoms with E-state index in [-0.39, 0.29) is 5.96 Å². The highest BCUT2D eigenvalue weighted by Crippen LogP contribution is 2.25. The number of guanidine groups is 1. The van der Waals surface area contributed by atoms with Gasteiger partial charge in [0.05, 0.1) is 12.6 Å². The molecule has 74 valence electrons. The van der Waals surface area contributed by atoms with E-state index in [2.05, 4.69) is 0 Å². The number of aliphatic hydroxyl groups excluding tert-OH is 1. The summed E-state index contributed by atoms with van der Waals surface area (Å²) in [4.78, 5) is 1.66. The molecule has 0 saturated carbocycles. The van der Waals surface area contributed by atoms with Crippen molar-refractivity contribution in [2.24, 2.45) is 5.73 Å². The molecule has 0 amide bonds. The molecule has 1 atom stereocenters. The minimum Gasteiger partial charge on any atom is -0.387 e. The summed E-state index contributed by atoms with van der Waals surface area (Å²) >= 11 is 0. The first kappa shape index (κ1) is 9.02. The Morgan fingerprint density at radius 1 is 1.50 bits per heavy atom. The fourth-order valence-electron chi connectivity index (χ4n) is 1.76. The Bertz CT molecular complexity index is 364. The van der Waals surface area contributed by atoms with Gasteiger partial charge in [0.15, 0.2) is 5.96 Å². The topological polar surface area (TPSA) is 73.3 Å². The summed E-state index contributed by atoms with van der Waals surface area (Å²) in [5.74, 6) is 0.0125. The van der Waals surface area contributed by atoms with Gasteiger partial charge in [-0.25, -0.2) is 0 Å². The molecule has 14 heavy (non-hydrogen) atoms. The maximum absolute atomic E-state index is 9.79. The summed E-state index contributed by atoms with van der Waals surface area (Å²) in [6.45, 7) is 1.02. The van der Waals surface area contributed by atoms with Gasteiger partial charge >= 0.3 is 0 Å². The van der Waals surface area contributed by atoms with E-state index >= 15 is 0 Å². The summed E-state index contributed by atoms with van der Waals surface area (Å²) in [7, 11) is 0. The van der Waals surface area contributed by atoms with E-state index in [1.165, 1.54) is 0 Å². The number of rotatable bonds is 0. The van der Waals surface area contributed by atoms with E-state index in [0.717, 1.165) is 11.1 Å². The summed E-state index contributed by atoms with van der Waals surface area (Å²) in [6.07, 6.45) is -0.538. The van der Waals surface area contributed by atoms with Gasteiger partial charge in [-0.1, -0.05) is 24.3 Å². The highest BCUT2D eigenvalue weighted by atomic mass is 16.3. The molecule has 0 bridgehead atoms. The molecule has 4 heteroatoms. The molecule has 2 rings (SSSR count). The first-order valence-electron chi connectivity index (χ1n) is 4.53. The maximum Gasteiger partial charge on any atom is 0.188 e. The van der Waals surface area contributed by atoms with Gasteiger partial charge in [0.1, 0.15) is 0 Å². The van der Waals surface area contributed by atoms with Crippen molar-refractivity contribution in [3.63, 3.8) is 0 Å². The van der Waals surface area contributed by atoms with Gasteiger partial charge in [0.25, 0.3) is 0 Å². The van der Waals surface area contributed by atoms with E-state index in [9.17, 15) is 5.11 Å². The molecule has 0 radical (unpaired) electrons. The average Bonchev–Trinajstić information content (AvgIpc) is 2.17. The third kappa shape index (κ3) is 1.44. The van der Waals surface area contributed by atoms with Crippen molar-refractivity contribution in [3.8, 4) is 0 Å². The molecule has 1 heterocycles. The second kappa shape index (κ2) is 3.31. The fraction of sp³-hybridized carbons (Fsp3) is 0.300. The number of nitrogens with two attached hydrogens (primary N) is 1. The monoisotopic (exact) mass is 191 g/mol. The standard InChI is InChI=1S/C10H13N3O/c11-10(12)13-5-7-3-1-2-4-8(7)9(14)6-13/h1-4,9,14H,5-6H2,(H3,11,12). The Kier molecular flexibility index (Phi) is 2.13. The molecule has 0 saturated heterocycles. The van der Waals surface area contributed by atoms with Crippen LogP contribution < -0.4 is 5.73 Å². The normalized spacial score (nSPS) is 20.4. The Hall–Kier alpha value is -1.55. The highest BCUT2D eigenvalue weighted by molar-refractivity contribution is 5.75. The molecule has 1 aromatic rings. The molecular weight excluding hydrogens is 178 g/mol. The van der Waals surface area contributed by atoms with Crippen LogP contribution in [-0.4, -0.2) is 22.5 Å². The van der Waals surface area contributed by atoms with Crippen LogP contribution in [0.25, 0.3) is 0 Å². The average molecular weight is 191 g/mol. The van der Waals surface area contributed by atoms with Crippen molar-refractivity contribution in [1.82, 2.24) is 4.90 Å². The summed E-state index contributed by atoms with van der Waals surface area (Å²) < 4.78 is 0. The van der Waals surface area contributed by atoms with Crippen LogP contribution in [0.2, 0.25) is 0 Å². The molecule has 0 aliphatic carbocycles. The minimum absolute atomic E-state index is 0.0125. The van der Waals surface area contributed by atoms with Crippen LogP contribution in [0.1, 0.15) is 17.2 Å². The lowest BCUT2D eigenvalue weighted by Crippen LogP contribution is -2.41. The highest BCUT2D eigenvalue weighted by Gasteiger charge is 2.23. The van der Waals surface area contributed by atoms with Gasteiger partial charge in [0.2, 0.25) is 0 Å². The van der Waals surface area contributed by atoms with Gasteiger partial charge < -0.3 is 15.7 Å². The van der Waals surface area contributed by atoms with E-state index < -0.39 is 6.10 Å². The van der Waals surface area contributed by atoms with Crippen LogP contribution in [0, 0.1) is 5.41 Å². The zero-order chi connectivity index (χ0) is 10.1. The number of hydrogen-bond acceptors (Lipinski definition) is 2. The molecule has 4 N–H and O–H groups in total. The number of aliphatic hydroxyl groups is 1. The van der Waals surface area contributed by atoms with Crippen LogP contribution in [-0.2, 0) is 6.54 Å². The van der Waals surface area contributed by atoms with Crippen LogP contribution in [0.3, 0.4) is 0 Å². The van der Waals surface area contributed by atoms with E-state index in [0.29, 0.717) is 13.1 Å². The van der Waals surface area contributed by atoms with Gasteiger partial charge in [-0.2, -0.15) is 0 Å². The van der Waals surface area contributed by atoms with Gasteiger partial charge in [-0.15, -0.1) is 0 Å². The number of β-amino-alcohol motifs (C(OH)–C–C–N with tert-alkyl or cyclic N) is 1.